The Morgan fingerprint density at radius 1 is 1.32 bits per heavy atom. The summed E-state index contributed by atoms with van der Waals surface area (Å²) in [5.41, 5.74) is 1.15. The van der Waals surface area contributed by atoms with E-state index in [0.29, 0.717) is 18.9 Å². The fraction of sp³-hybridized carbons (Fsp3) is 0.562. The van der Waals surface area contributed by atoms with Gasteiger partial charge >= 0.3 is 0 Å². The zero-order valence-corrected chi connectivity index (χ0v) is 11.7. The maximum Gasteiger partial charge on any atom is 0.228 e. The van der Waals surface area contributed by atoms with Gasteiger partial charge in [-0.3, -0.25) is 4.79 Å². The summed E-state index contributed by atoms with van der Waals surface area (Å²) in [7, 11) is 0. The molecular weight excluding hydrogens is 238 g/mol. The topological polar surface area (TPSA) is 40.5 Å². The van der Waals surface area contributed by atoms with Crippen LogP contribution in [0.4, 0.5) is 0 Å². The van der Waals surface area contributed by atoms with E-state index < -0.39 is 6.10 Å². The molecule has 0 spiro atoms. The van der Waals surface area contributed by atoms with Crippen LogP contribution in [0.2, 0.25) is 0 Å². The van der Waals surface area contributed by atoms with Gasteiger partial charge in [0.25, 0.3) is 0 Å². The number of amides is 1. The molecule has 1 aromatic carbocycles. The minimum absolute atomic E-state index is 0.108. The number of carbonyl (C=O) groups is 1. The quantitative estimate of drug-likeness (QED) is 0.884. The molecule has 0 bridgehead atoms. The molecule has 1 heterocycles. The Morgan fingerprint density at radius 3 is 2.63 bits per heavy atom. The van der Waals surface area contributed by atoms with Gasteiger partial charge in [-0.2, -0.15) is 0 Å². The molecule has 1 amide bonds. The first-order chi connectivity index (χ1) is 9.08. The van der Waals surface area contributed by atoms with Gasteiger partial charge in [0.15, 0.2) is 0 Å². The number of aliphatic hydroxyl groups excluding tert-OH is 1. The molecule has 3 heteroatoms. The molecule has 0 unspecified atom stereocenters. The lowest BCUT2D eigenvalue weighted by Gasteiger charge is -2.20. The van der Waals surface area contributed by atoms with Gasteiger partial charge in [0.05, 0.1) is 12.0 Å². The Balaban J connectivity index is 1.94. The van der Waals surface area contributed by atoms with Gasteiger partial charge in [0.2, 0.25) is 5.91 Å². The van der Waals surface area contributed by atoms with Crippen LogP contribution in [-0.4, -0.2) is 28.6 Å². The Morgan fingerprint density at radius 2 is 2.00 bits per heavy atom. The second-order valence-electron chi connectivity index (χ2n) is 5.84. The zero-order valence-electron chi connectivity index (χ0n) is 11.7. The number of aliphatic hydroxyl groups is 1. The van der Waals surface area contributed by atoms with Crippen molar-refractivity contribution in [2.45, 2.75) is 39.3 Å². The number of hydrogen-bond donors (Lipinski definition) is 1. The Labute approximate surface area is 115 Å². The fourth-order valence-corrected chi connectivity index (χ4v) is 2.73. The molecule has 104 valence electrons. The predicted octanol–water partition coefficient (Wildman–Crippen LogP) is 2.44. The highest BCUT2D eigenvalue weighted by Gasteiger charge is 2.36. The third-order valence-electron chi connectivity index (χ3n) is 3.73. The summed E-state index contributed by atoms with van der Waals surface area (Å²) in [4.78, 5) is 14.2. The van der Waals surface area contributed by atoms with E-state index in [4.69, 9.17) is 0 Å². The number of nitrogens with zero attached hydrogens (tertiary/aromatic N) is 1. The van der Waals surface area contributed by atoms with Gasteiger partial charge in [-0.25, -0.2) is 0 Å². The number of rotatable bonds is 5. The number of hydrogen-bond acceptors (Lipinski definition) is 2. The van der Waals surface area contributed by atoms with E-state index in [2.05, 4.69) is 13.8 Å². The summed E-state index contributed by atoms with van der Waals surface area (Å²) in [6.07, 6.45) is 0.989. The molecule has 1 fully saturated rings. The highest BCUT2D eigenvalue weighted by Crippen LogP contribution is 2.26. The largest absolute Gasteiger partial charge is 0.392 e. The van der Waals surface area contributed by atoms with Crippen LogP contribution in [0.15, 0.2) is 30.3 Å². The summed E-state index contributed by atoms with van der Waals surface area (Å²) in [5, 5.41) is 10.1. The van der Waals surface area contributed by atoms with E-state index >= 15 is 0 Å². The summed E-state index contributed by atoms with van der Waals surface area (Å²) >= 11 is 0. The van der Waals surface area contributed by atoms with Crippen molar-refractivity contribution in [2.75, 3.05) is 6.54 Å². The van der Waals surface area contributed by atoms with Crippen molar-refractivity contribution in [2.24, 2.45) is 11.8 Å². The molecule has 0 saturated carbocycles. The maximum absolute atomic E-state index is 12.3. The van der Waals surface area contributed by atoms with Gasteiger partial charge in [0, 0.05) is 13.1 Å². The standard InChI is InChI=1S/C16H23NO2/c1-12(2)10-15(18)14-8-9-17(16(14)19)11-13-6-4-3-5-7-13/h3-7,12,14-15,18H,8-11H2,1-2H3/t14-,15-/m0/s1. The van der Waals surface area contributed by atoms with Crippen molar-refractivity contribution in [1.29, 1.82) is 0 Å². The summed E-state index contributed by atoms with van der Waals surface area (Å²) in [6.45, 7) is 5.56. The first-order valence-corrected chi connectivity index (χ1v) is 7.08. The van der Waals surface area contributed by atoms with Crippen LogP contribution in [0.3, 0.4) is 0 Å². The molecule has 1 N–H and O–H groups in total. The maximum atomic E-state index is 12.3. The lowest BCUT2D eigenvalue weighted by atomic mass is 9.93. The molecule has 1 aliphatic heterocycles. The van der Waals surface area contributed by atoms with Gasteiger partial charge in [-0.05, 0) is 24.3 Å². The van der Waals surface area contributed by atoms with Gasteiger partial charge < -0.3 is 10.0 Å². The first kappa shape index (κ1) is 14.1. The second-order valence-corrected chi connectivity index (χ2v) is 5.84. The molecule has 19 heavy (non-hydrogen) atoms. The van der Waals surface area contributed by atoms with Gasteiger partial charge in [-0.1, -0.05) is 44.2 Å². The second kappa shape index (κ2) is 6.20. The van der Waals surface area contributed by atoms with Crippen LogP contribution >= 0.6 is 0 Å². The lowest BCUT2D eigenvalue weighted by Crippen LogP contribution is -2.32. The SMILES string of the molecule is CC(C)C[C@H](O)[C@@H]1CCN(Cc2ccccc2)C1=O. The monoisotopic (exact) mass is 261 g/mol. The average Bonchev–Trinajstić information content (AvgIpc) is 2.72. The molecule has 1 saturated heterocycles. The number of carbonyl (C=O) groups excluding carboxylic acids is 1. The van der Waals surface area contributed by atoms with Crippen LogP contribution in [0.25, 0.3) is 0 Å². The number of benzene rings is 1. The molecule has 1 aromatic rings. The molecule has 0 aliphatic carbocycles. The van der Waals surface area contributed by atoms with E-state index in [1.54, 1.807) is 0 Å². The van der Waals surface area contributed by atoms with Crippen LogP contribution in [0.5, 0.6) is 0 Å². The van der Waals surface area contributed by atoms with E-state index in [-0.39, 0.29) is 11.8 Å². The van der Waals surface area contributed by atoms with Crippen molar-refractivity contribution in [3.05, 3.63) is 35.9 Å². The Bertz CT molecular complexity index is 416. The summed E-state index contributed by atoms with van der Waals surface area (Å²) in [6, 6.07) is 10.0. The third-order valence-corrected chi connectivity index (χ3v) is 3.73. The molecule has 0 radical (unpaired) electrons. The predicted molar refractivity (Wildman–Crippen MR) is 75.4 cm³/mol. The van der Waals surface area contributed by atoms with E-state index in [0.717, 1.165) is 18.5 Å². The van der Waals surface area contributed by atoms with Crippen molar-refractivity contribution in [3.8, 4) is 0 Å². The van der Waals surface area contributed by atoms with Crippen molar-refractivity contribution < 1.29 is 9.90 Å². The average molecular weight is 261 g/mol. The van der Waals surface area contributed by atoms with Crippen LogP contribution < -0.4 is 0 Å². The fourth-order valence-electron chi connectivity index (χ4n) is 2.73. The highest BCUT2D eigenvalue weighted by molar-refractivity contribution is 5.81. The molecule has 0 aromatic heterocycles. The van der Waals surface area contributed by atoms with Crippen molar-refractivity contribution >= 4 is 5.91 Å². The van der Waals surface area contributed by atoms with Gasteiger partial charge in [0.1, 0.15) is 0 Å². The Kier molecular flexibility index (Phi) is 4.59. The van der Waals surface area contributed by atoms with Crippen molar-refractivity contribution in [1.82, 2.24) is 4.90 Å². The Hall–Kier alpha value is -1.35. The first-order valence-electron chi connectivity index (χ1n) is 7.08. The smallest absolute Gasteiger partial charge is 0.228 e. The summed E-state index contributed by atoms with van der Waals surface area (Å²) < 4.78 is 0. The normalized spacial score (nSPS) is 21.2. The lowest BCUT2D eigenvalue weighted by molar-refractivity contribution is -0.134. The van der Waals surface area contributed by atoms with E-state index in [1.165, 1.54) is 0 Å². The van der Waals surface area contributed by atoms with Crippen LogP contribution in [0.1, 0.15) is 32.3 Å². The minimum atomic E-state index is -0.492. The molecule has 3 nitrogen and oxygen atoms in total. The van der Waals surface area contributed by atoms with E-state index in [1.807, 2.05) is 35.2 Å². The highest BCUT2D eigenvalue weighted by atomic mass is 16.3. The van der Waals surface area contributed by atoms with Gasteiger partial charge in [-0.15, -0.1) is 0 Å². The van der Waals surface area contributed by atoms with Crippen LogP contribution in [-0.2, 0) is 11.3 Å². The van der Waals surface area contributed by atoms with Crippen LogP contribution in [0, 0.1) is 11.8 Å². The van der Waals surface area contributed by atoms with Crippen molar-refractivity contribution in [3.63, 3.8) is 0 Å². The molecule has 2 rings (SSSR count). The molecule has 1 aliphatic rings. The minimum Gasteiger partial charge on any atom is -0.392 e. The summed E-state index contributed by atoms with van der Waals surface area (Å²) in [5.74, 6) is 0.328. The van der Waals surface area contributed by atoms with E-state index in [9.17, 15) is 9.90 Å². The molecular formula is C16H23NO2. The number of likely N-dealkylation sites (tertiary alicyclic amines) is 1. The third kappa shape index (κ3) is 3.57. The zero-order chi connectivity index (χ0) is 13.8. The molecule has 2 atom stereocenters.